The average Bonchev–Trinajstić information content (AvgIpc) is 2.40. The Morgan fingerprint density at radius 1 is 1.47 bits per heavy atom. The minimum Gasteiger partial charge on any atom is -0.480 e. The third-order valence-electron chi connectivity index (χ3n) is 2.92. The van der Waals surface area contributed by atoms with Crippen LogP contribution in [0.5, 0.6) is 0 Å². The molecule has 3 N–H and O–H groups in total. The summed E-state index contributed by atoms with van der Waals surface area (Å²) < 4.78 is 18.2. The molecule has 0 radical (unpaired) electrons. The maximum absolute atomic E-state index is 13.2. The molecular weight excluding hydrogens is 255 g/mol. The number of hydrogen-bond donors (Lipinski definition) is 2. The van der Waals surface area contributed by atoms with Gasteiger partial charge in [0.1, 0.15) is 5.82 Å². The number of morpholine rings is 1. The van der Waals surface area contributed by atoms with E-state index < -0.39 is 23.7 Å². The van der Waals surface area contributed by atoms with Gasteiger partial charge in [-0.3, -0.25) is 4.79 Å². The van der Waals surface area contributed by atoms with Crippen molar-refractivity contribution in [3.63, 3.8) is 0 Å². The van der Waals surface area contributed by atoms with Gasteiger partial charge < -0.3 is 20.5 Å². The van der Waals surface area contributed by atoms with Crippen molar-refractivity contribution in [1.29, 1.82) is 0 Å². The molecule has 0 aliphatic carbocycles. The molecule has 7 heteroatoms. The minimum absolute atomic E-state index is 0.0341. The maximum Gasteiger partial charge on any atom is 0.328 e. The van der Waals surface area contributed by atoms with Crippen LogP contribution in [-0.2, 0) is 9.53 Å². The Kier molecular flexibility index (Phi) is 3.66. The number of aliphatic carboxylic acids is 1. The highest BCUT2D eigenvalue weighted by atomic mass is 19.1. The van der Waals surface area contributed by atoms with Gasteiger partial charge in [0, 0.05) is 12.2 Å². The predicted molar refractivity (Wildman–Crippen MR) is 64.1 cm³/mol. The van der Waals surface area contributed by atoms with Crippen LogP contribution in [0.1, 0.15) is 10.4 Å². The molecule has 2 rings (SSSR count). The van der Waals surface area contributed by atoms with Crippen molar-refractivity contribution in [2.75, 3.05) is 25.5 Å². The summed E-state index contributed by atoms with van der Waals surface area (Å²) in [5.41, 5.74) is 5.70. The number of nitrogens with zero attached hydrogens (tertiary/aromatic N) is 1. The van der Waals surface area contributed by atoms with Crippen molar-refractivity contribution in [3.8, 4) is 0 Å². The van der Waals surface area contributed by atoms with Gasteiger partial charge in [0.05, 0.1) is 18.8 Å². The molecule has 19 heavy (non-hydrogen) atoms. The van der Waals surface area contributed by atoms with E-state index in [1.54, 1.807) is 0 Å². The van der Waals surface area contributed by atoms with Crippen LogP contribution in [0.25, 0.3) is 0 Å². The highest BCUT2D eigenvalue weighted by Gasteiger charge is 2.33. The quantitative estimate of drug-likeness (QED) is 0.754. The lowest BCUT2D eigenvalue weighted by Gasteiger charge is -2.33. The molecule has 102 valence electrons. The van der Waals surface area contributed by atoms with Crippen molar-refractivity contribution in [2.24, 2.45) is 0 Å². The van der Waals surface area contributed by atoms with Gasteiger partial charge in [-0.05, 0) is 18.2 Å². The summed E-state index contributed by atoms with van der Waals surface area (Å²) >= 11 is 0. The highest BCUT2D eigenvalue weighted by Crippen LogP contribution is 2.19. The van der Waals surface area contributed by atoms with Gasteiger partial charge in [-0.1, -0.05) is 0 Å². The summed E-state index contributed by atoms with van der Waals surface area (Å²) in [5.74, 6) is -2.37. The van der Waals surface area contributed by atoms with Gasteiger partial charge in [-0.15, -0.1) is 0 Å². The molecule has 1 unspecified atom stereocenters. The fourth-order valence-corrected chi connectivity index (χ4v) is 1.92. The predicted octanol–water partition coefficient (Wildman–Crippen LogP) is 0.333. The van der Waals surface area contributed by atoms with Crippen LogP contribution >= 0.6 is 0 Å². The van der Waals surface area contributed by atoms with E-state index in [1.807, 2.05) is 0 Å². The topological polar surface area (TPSA) is 92.9 Å². The largest absolute Gasteiger partial charge is 0.480 e. The standard InChI is InChI=1S/C12H13FN2O4/c13-7-1-2-9(14)8(5-7)11(16)15-3-4-19-6-10(15)12(17)18/h1-2,5,10H,3-4,6,14H2,(H,17,18). The molecule has 1 aliphatic rings. The lowest BCUT2D eigenvalue weighted by atomic mass is 10.1. The summed E-state index contributed by atoms with van der Waals surface area (Å²) in [5, 5.41) is 9.05. The number of nitrogen functional groups attached to an aromatic ring is 1. The maximum atomic E-state index is 13.2. The molecule has 1 atom stereocenters. The van der Waals surface area contributed by atoms with Gasteiger partial charge in [0.2, 0.25) is 0 Å². The molecular formula is C12H13FN2O4. The summed E-state index contributed by atoms with van der Waals surface area (Å²) in [6, 6.07) is 2.34. The van der Waals surface area contributed by atoms with Crippen molar-refractivity contribution in [1.82, 2.24) is 4.90 Å². The summed E-state index contributed by atoms with van der Waals surface area (Å²) in [6.45, 7) is 0.285. The first-order valence-electron chi connectivity index (χ1n) is 5.67. The molecule has 1 fully saturated rings. The van der Waals surface area contributed by atoms with Gasteiger partial charge in [0.25, 0.3) is 5.91 Å². The van der Waals surface area contributed by atoms with E-state index in [4.69, 9.17) is 15.6 Å². The Labute approximate surface area is 108 Å². The lowest BCUT2D eigenvalue weighted by Crippen LogP contribution is -2.52. The van der Waals surface area contributed by atoms with Crippen LogP contribution in [0.15, 0.2) is 18.2 Å². The number of rotatable bonds is 2. The SMILES string of the molecule is Nc1ccc(F)cc1C(=O)N1CCOCC1C(=O)O. The molecule has 1 amide bonds. The second-order valence-electron chi connectivity index (χ2n) is 4.16. The number of halogens is 1. The van der Waals surface area contributed by atoms with Crippen LogP contribution in [0.2, 0.25) is 0 Å². The number of anilines is 1. The number of nitrogens with two attached hydrogens (primary N) is 1. The second kappa shape index (κ2) is 5.23. The van der Waals surface area contributed by atoms with Crippen LogP contribution in [-0.4, -0.2) is 47.7 Å². The van der Waals surface area contributed by atoms with Crippen LogP contribution in [0.3, 0.4) is 0 Å². The fraction of sp³-hybridized carbons (Fsp3) is 0.333. The number of carboxylic acids is 1. The molecule has 0 aromatic heterocycles. The second-order valence-corrected chi connectivity index (χ2v) is 4.16. The van der Waals surface area contributed by atoms with Crippen molar-refractivity contribution < 1.29 is 23.8 Å². The minimum atomic E-state index is -1.16. The van der Waals surface area contributed by atoms with Gasteiger partial charge in [-0.2, -0.15) is 0 Å². The first-order chi connectivity index (χ1) is 9.00. The first kappa shape index (κ1) is 13.3. The number of hydrogen-bond acceptors (Lipinski definition) is 4. The van der Waals surface area contributed by atoms with E-state index in [1.165, 1.54) is 6.07 Å². The van der Waals surface area contributed by atoms with Crippen LogP contribution in [0.4, 0.5) is 10.1 Å². The summed E-state index contributed by atoms with van der Waals surface area (Å²) in [7, 11) is 0. The van der Waals surface area contributed by atoms with Crippen molar-refractivity contribution >= 4 is 17.6 Å². The Morgan fingerprint density at radius 3 is 2.89 bits per heavy atom. The molecule has 0 spiro atoms. The number of carbonyl (C=O) groups is 2. The Morgan fingerprint density at radius 2 is 2.21 bits per heavy atom. The zero-order valence-corrected chi connectivity index (χ0v) is 10.0. The molecule has 0 saturated carbocycles. The highest BCUT2D eigenvalue weighted by molar-refractivity contribution is 6.01. The molecule has 0 bridgehead atoms. The Bertz CT molecular complexity index is 520. The number of amides is 1. The molecule has 1 heterocycles. The van der Waals surface area contributed by atoms with Gasteiger partial charge in [0.15, 0.2) is 6.04 Å². The fourth-order valence-electron chi connectivity index (χ4n) is 1.92. The molecule has 6 nitrogen and oxygen atoms in total. The molecule has 1 aromatic rings. The first-order valence-corrected chi connectivity index (χ1v) is 5.67. The number of carboxylic acid groups (broad SMARTS) is 1. The lowest BCUT2D eigenvalue weighted by molar-refractivity contribution is -0.147. The molecule has 1 saturated heterocycles. The Hall–Kier alpha value is -2.15. The third-order valence-corrected chi connectivity index (χ3v) is 2.92. The summed E-state index contributed by atoms with van der Waals surface area (Å²) in [6.07, 6.45) is 0. The number of ether oxygens (including phenoxy) is 1. The van der Waals surface area contributed by atoms with E-state index in [0.717, 1.165) is 17.0 Å². The van der Waals surface area contributed by atoms with E-state index in [9.17, 15) is 14.0 Å². The third kappa shape index (κ3) is 2.65. The molecule has 1 aliphatic heterocycles. The van der Waals surface area contributed by atoms with E-state index in [-0.39, 0.29) is 31.0 Å². The van der Waals surface area contributed by atoms with Gasteiger partial charge in [-0.25, -0.2) is 9.18 Å². The van der Waals surface area contributed by atoms with E-state index in [2.05, 4.69) is 0 Å². The normalized spacial score (nSPS) is 19.2. The van der Waals surface area contributed by atoms with Crippen LogP contribution < -0.4 is 5.73 Å². The summed E-state index contributed by atoms with van der Waals surface area (Å²) in [4.78, 5) is 24.5. The molecule has 1 aromatic carbocycles. The monoisotopic (exact) mass is 268 g/mol. The Balaban J connectivity index is 2.31. The van der Waals surface area contributed by atoms with Gasteiger partial charge >= 0.3 is 5.97 Å². The van der Waals surface area contributed by atoms with E-state index >= 15 is 0 Å². The smallest absolute Gasteiger partial charge is 0.328 e. The van der Waals surface area contributed by atoms with Crippen molar-refractivity contribution in [3.05, 3.63) is 29.6 Å². The van der Waals surface area contributed by atoms with E-state index in [0.29, 0.717) is 0 Å². The average molecular weight is 268 g/mol. The van der Waals surface area contributed by atoms with Crippen molar-refractivity contribution in [2.45, 2.75) is 6.04 Å². The zero-order chi connectivity index (χ0) is 14.0. The van der Waals surface area contributed by atoms with Crippen LogP contribution in [0, 0.1) is 5.82 Å². The number of carbonyl (C=O) groups excluding carboxylic acids is 1. The zero-order valence-electron chi connectivity index (χ0n) is 10.0. The number of benzene rings is 1.